The molecule has 2 aliphatic carbocycles. The molecular weight excluding hydrogens is 503 g/mol. The van der Waals surface area contributed by atoms with E-state index in [4.69, 9.17) is 5.73 Å². The van der Waals surface area contributed by atoms with Crippen LogP contribution < -0.4 is 16.4 Å². The van der Waals surface area contributed by atoms with Crippen LogP contribution in [0.15, 0.2) is 36.8 Å². The monoisotopic (exact) mass is 530 g/mol. The molecule has 4 N–H and O–H groups in total. The Balaban J connectivity index is 1.29. The molecule has 3 fully saturated rings. The average molecular weight is 531 g/mol. The van der Waals surface area contributed by atoms with Gasteiger partial charge in [0.2, 0.25) is 5.91 Å². The standard InChI is InChI=1S/C27H27FN8O3/c28-8-17-11-35(26(39)27(14-29)5-6-27)13-21(17)34-23-19(24(30)37)10-32-36-12-16(7-22(23)36)15-1-4-20(31-9-15)25(38)33-18-2-3-18/h1,4,7,9-10,12,17-18,21,34H,2-3,5-6,8,11,13H2,(H2,30,37)(H,33,38)/t17-,21+/m0/s1. The molecule has 0 bridgehead atoms. The number of fused-ring (bicyclic) bond motifs is 1. The van der Waals surface area contributed by atoms with Crippen LogP contribution in [0.25, 0.3) is 16.6 Å². The van der Waals surface area contributed by atoms with Gasteiger partial charge in [-0.2, -0.15) is 10.4 Å². The molecule has 3 aromatic rings. The molecule has 1 saturated heterocycles. The predicted octanol–water partition coefficient (Wildman–Crippen LogP) is 1.90. The van der Waals surface area contributed by atoms with E-state index < -0.39 is 30.0 Å². The van der Waals surface area contributed by atoms with Crippen molar-refractivity contribution < 1.29 is 18.8 Å². The summed E-state index contributed by atoms with van der Waals surface area (Å²) >= 11 is 0. The molecule has 0 spiro atoms. The Morgan fingerprint density at radius 2 is 1.97 bits per heavy atom. The van der Waals surface area contributed by atoms with Crippen molar-refractivity contribution in [2.75, 3.05) is 25.1 Å². The molecule has 39 heavy (non-hydrogen) atoms. The summed E-state index contributed by atoms with van der Waals surface area (Å²) in [6.45, 7) is -0.291. The SMILES string of the molecule is N#CC1(C(=O)N2C[C@H](CF)[C@H](Nc3c(C(N)=O)cnn4cc(-c5ccc(C(=O)NC6CC6)nc5)cc34)C2)CC1. The van der Waals surface area contributed by atoms with Crippen molar-refractivity contribution in [3.8, 4) is 17.2 Å². The summed E-state index contributed by atoms with van der Waals surface area (Å²) in [6.07, 6.45) is 7.71. The fourth-order valence-electron chi connectivity index (χ4n) is 5.08. The van der Waals surface area contributed by atoms with E-state index in [2.05, 4.69) is 26.8 Å². The minimum atomic E-state index is -0.989. The number of carbonyl (C=O) groups excluding carboxylic acids is 3. The van der Waals surface area contributed by atoms with Gasteiger partial charge < -0.3 is 21.3 Å². The molecule has 3 aromatic heterocycles. The second kappa shape index (κ2) is 9.34. The number of alkyl halides is 1. The van der Waals surface area contributed by atoms with Crippen LogP contribution >= 0.6 is 0 Å². The summed E-state index contributed by atoms with van der Waals surface area (Å²) in [7, 11) is 0. The first-order valence-electron chi connectivity index (χ1n) is 12.9. The molecule has 2 saturated carbocycles. The van der Waals surface area contributed by atoms with Gasteiger partial charge in [-0.3, -0.25) is 23.8 Å². The van der Waals surface area contributed by atoms with E-state index in [0.717, 1.165) is 24.0 Å². The van der Waals surface area contributed by atoms with Gasteiger partial charge in [-0.25, -0.2) is 4.52 Å². The molecule has 2 atom stereocenters. The molecule has 3 amide bonds. The Labute approximate surface area is 223 Å². The summed E-state index contributed by atoms with van der Waals surface area (Å²) in [6, 6.07) is 7.09. The number of likely N-dealkylation sites (tertiary alicyclic amines) is 1. The lowest BCUT2D eigenvalue weighted by atomic mass is 10.0. The van der Waals surface area contributed by atoms with E-state index >= 15 is 0 Å². The van der Waals surface area contributed by atoms with Gasteiger partial charge in [0.25, 0.3) is 11.8 Å². The fourth-order valence-corrected chi connectivity index (χ4v) is 5.08. The van der Waals surface area contributed by atoms with Gasteiger partial charge in [-0.15, -0.1) is 0 Å². The summed E-state index contributed by atoms with van der Waals surface area (Å²) in [5.41, 5.74) is 7.53. The number of halogens is 1. The molecule has 3 aliphatic rings. The van der Waals surface area contributed by atoms with Crippen LogP contribution in [0.4, 0.5) is 10.1 Å². The Morgan fingerprint density at radius 1 is 1.18 bits per heavy atom. The number of nitrogens with one attached hydrogen (secondary N) is 2. The molecule has 6 rings (SSSR count). The zero-order valence-electron chi connectivity index (χ0n) is 21.1. The van der Waals surface area contributed by atoms with Crippen LogP contribution in [0.2, 0.25) is 0 Å². The van der Waals surface area contributed by atoms with E-state index in [-0.39, 0.29) is 36.5 Å². The summed E-state index contributed by atoms with van der Waals surface area (Å²) < 4.78 is 15.6. The fraction of sp³-hybridized carbons (Fsp3) is 0.407. The van der Waals surface area contributed by atoms with Crippen LogP contribution in [0.1, 0.15) is 46.5 Å². The Kier molecular flexibility index (Phi) is 5.94. The van der Waals surface area contributed by atoms with E-state index in [9.17, 15) is 24.0 Å². The molecule has 0 aromatic carbocycles. The van der Waals surface area contributed by atoms with Crippen LogP contribution in [0.5, 0.6) is 0 Å². The molecule has 12 heteroatoms. The van der Waals surface area contributed by atoms with Crippen LogP contribution in [0.3, 0.4) is 0 Å². The lowest BCUT2D eigenvalue weighted by molar-refractivity contribution is -0.134. The van der Waals surface area contributed by atoms with Crippen molar-refractivity contribution in [2.45, 2.75) is 37.8 Å². The Hall–Kier alpha value is -4.53. The Morgan fingerprint density at radius 3 is 2.59 bits per heavy atom. The summed E-state index contributed by atoms with van der Waals surface area (Å²) in [5, 5.41) is 19.9. The van der Waals surface area contributed by atoms with E-state index in [0.29, 0.717) is 29.7 Å². The number of nitriles is 1. The van der Waals surface area contributed by atoms with Crippen molar-refractivity contribution in [3.05, 3.63) is 48.0 Å². The van der Waals surface area contributed by atoms with Gasteiger partial charge >= 0.3 is 0 Å². The van der Waals surface area contributed by atoms with Crippen molar-refractivity contribution >= 4 is 28.9 Å². The van der Waals surface area contributed by atoms with Gasteiger partial charge in [0.05, 0.1) is 41.8 Å². The number of nitrogens with two attached hydrogens (primary N) is 1. The molecule has 11 nitrogen and oxygen atoms in total. The predicted molar refractivity (Wildman–Crippen MR) is 138 cm³/mol. The first-order valence-corrected chi connectivity index (χ1v) is 12.9. The molecule has 4 heterocycles. The lowest BCUT2D eigenvalue weighted by Gasteiger charge is -2.21. The highest BCUT2D eigenvalue weighted by Gasteiger charge is 2.54. The maximum Gasteiger partial charge on any atom is 0.270 e. The van der Waals surface area contributed by atoms with Crippen LogP contribution in [-0.2, 0) is 4.79 Å². The zero-order valence-corrected chi connectivity index (χ0v) is 21.1. The van der Waals surface area contributed by atoms with Crippen LogP contribution in [-0.4, -0.2) is 69.1 Å². The minimum absolute atomic E-state index is 0.135. The molecule has 0 radical (unpaired) electrons. The number of rotatable bonds is 8. The lowest BCUT2D eigenvalue weighted by Crippen LogP contribution is -2.36. The highest BCUT2D eigenvalue weighted by molar-refractivity contribution is 6.02. The van der Waals surface area contributed by atoms with Gasteiger partial charge in [-0.05, 0) is 37.8 Å². The number of hydrogen-bond donors (Lipinski definition) is 3. The van der Waals surface area contributed by atoms with Gasteiger partial charge in [0.15, 0.2) is 0 Å². The van der Waals surface area contributed by atoms with E-state index in [1.807, 2.05) is 0 Å². The Bertz CT molecular complexity index is 1520. The topological polar surface area (TPSA) is 159 Å². The number of nitrogens with zero attached hydrogens (tertiary/aromatic N) is 5. The summed E-state index contributed by atoms with van der Waals surface area (Å²) in [5.74, 6) is -1.70. The largest absolute Gasteiger partial charge is 0.378 e. The average Bonchev–Trinajstić information content (AvgIpc) is 3.85. The van der Waals surface area contributed by atoms with E-state index in [1.165, 1.54) is 11.1 Å². The zero-order chi connectivity index (χ0) is 27.3. The molecular formula is C27H27FN8O3. The van der Waals surface area contributed by atoms with Crippen molar-refractivity contribution in [1.82, 2.24) is 24.8 Å². The van der Waals surface area contributed by atoms with Crippen molar-refractivity contribution in [2.24, 2.45) is 17.1 Å². The number of anilines is 1. The number of pyridine rings is 1. The second-order valence-corrected chi connectivity index (χ2v) is 10.6. The normalized spacial score (nSPS) is 21.4. The quantitative estimate of drug-likeness (QED) is 0.401. The highest BCUT2D eigenvalue weighted by Crippen LogP contribution is 2.47. The number of amides is 3. The van der Waals surface area contributed by atoms with Crippen molar-refractivity contribution in [1.29, 1.82) is 5.26 Å². The maximum absolute atomic E-state index is 14.1. The van der Waals surface area contributed by atoms with Gasteiger partial charge in [0, 0.05) is 48.6 Å². The third-order valence-electron chi connectivity index (χ3n) is 7.77. The first-order chi connectivity index (χ1) is 18.8. The van der Waals surface area contributed by atoms with Crippen LogP contribution in [0, 0.1) is 22.7 Å². The molecule has 200 valence electrons. The molecule has 1 aliphatic heterocycles. The third kappa shape index (κ3) is 4.54. The number of hydrogen-bond acceptors (Lipinski definition) is 7. The van der Waals surface area contributed by atoms with Gasteiger partial charge in [0.1, 0.15) is 11.1 Å². The third-order valence-corrected chi connectivity index (χ3v) is 7.77. The van der Waals surface area contributed by atoms with Crippen molar-refractivity contribution in [3.63, 3.8) is 0 Å². The highest BCUT2D eigenvalue weighted by atomic mass is 19.1. The minimum Gasteiger partial charge on any atom is -0.378 e. The number of aromatic nitrogens is 3. The maximum atomic E-state index is 14.1. The number of carbonyl (C=O) groups is 3. The summed E-state index contributed by atoms with van der Waals surface area (Å²) in [4.78, 5) is 43.4. The van der Waals surface area contributed by atoms with E-state index in [1.54, 1.807) is 35.1 Å². The first kappa shape index (κ1) is 24.8. The number of primary amides is 1. The second-order valence-electron chi connectivity index (χ2n) is 10.6. The molecule has 0 unspecified atom stereocenters. The van der Waals surface area contributed by atoms with Gasteiger partial charge in [-0.1, -0.05) is 6.07 Å². The smallest absolute Gasteiger partial charge is 0.270 e.